The Morgan fingerprint density at radius 3 is 2.22 bits per heavy atom. The highest BCUT2D eigenvalue weighted by Crippen LogP contribution is 1.88. The zero-order valence-corrected chi connectivity index (χ0v) is 7.16. The van der Waals surface area contributed by atoms with Crippen LogP contribution in [0.4, 0.5) is 0 Å². The van der Waals surface area contributed by atoms with Gasteiger partial charge in [0.15, 0.2) is 0 Å². The lowest BCUT2D eigenvalue weighted by Crippen LogP contribution is -1.96. The van der Waals surface area contributed by atoms with Gasteiger partial charge in [0.1, 0.15) is 0 Å². The van der Waals surface area contributed by atoms with Crippen molar-refractivity contribution in [2.24, 2.45) is 8.87 Å². The van der Waals surface area contributed by atoms with Crippen molar-refractivity contribution in [1.29, 1.82) is 0 Å². The summed E-state index contributed by atoms with van der Waals surface area (Å²) in [7, 11) is 1.42. The van der Waals surface area contributed by atoms with Crippen molar-refractivity contribution in [1.82, 2.24) is 0 Å². The number of nitrogens with zero attached hydrogens (tertiary/aromatic N) is 2. The fourth-order valence-corrected chi connectivity index (χ4v) is 0.823. The molecular weight excluding hydrogens is 160 g/mol. The van der Waals surface area contributed by atoms with Gasteiger partial charge in [0.25, 0.3) is 0 Å². The molecule has 0 aliphatic rings. The van der Waals surface area contributed by atoms with Gasteiger partial charge in [-0.1, -0.05) is 10.7 Å². The molecule has 0 aromatic carbocycles. The summed E-state index contributed by atoms with van der Waals surface area (Å²) in [6.45, 7) is 0. The normalized spacial score (nSPS) is 11.9. The molecule has 5 heteroatoms. The van der Waals surface area contributed by atoms with E-state index in [1.165, 1.54) is 7.11 Å². The van der Waals surface area contributed by atoms with Gasteiger partial charge in [-0.2, -0.15) is 4.36 Å². The van der Waals surface area contributed by atoms with Crippen LogP contribution in [0, 0.1) is 0 Å². The van der Waals surface area contributed by atoms with E-state index < -0.39 is 0 Å². The van der Waals surface area contributed by atoms with Crippen molar-refractivity contribution >= 4 is 28.5 Å². The van der Waals surface area contributed by atoms with Crippen molar-refractivity contribution in [2.45, 2.75) is 0 Å². The first-order chi connectivity index (χ1) is 4.20. The van der Waals surface area contributed by atoms with Crippen LogP contribution in [0.1, 0.15) is 0 Å². The molecule has 0 aromatic rings. The molecular formula is C4H9ClN2OS. The van der Waals surface area contributed by atoms with Crippen molar-refractivity contribution < 1.29 is 4.74 Å². The molecule has 0 unspecified atom stereocenters. The van der Waals surface area contributed by atoms with Crippen LogP contribution < -0.4 is 0 Å². The van der Waals surface area contributed by atoms with Crippen LogP contribution in [0.5, 0.6) is 0 Å². The van der Waals surface area contributed by atoms with Crippen LogP contribution in [0.3, 0.4) is 0 Å². The minimum absolute atomic E-state index is 0.0606. The Morgan fingerprint density at radius 1 is 1.56 bits per heavy atom. The van der Waals surface area contributed by atoms with E-state index in [4.69, 9.17) is 11.8 Å². The van der Waals surface area contributed by atoms with Gasteiger partial charge in [-0.05, 0) is 12.5 Å². The van der Waals surface area contributed by atoms with Gasteiger partial charge in [0, 0.05) is 11.8 Å². The van der Waals surface area contributed by atoms with Crippen LogP contribution in [0.25, 0.3) is 0 Å². The second-order valence-corrected chi connectivity index (χ2v) is 3.33. The van der Waals surface area contributed by atoms with Gasteiger partial charge < -0.3 is 4.74 Å². The van der Waals surface area contributed by atoms with E-state index >= 15 is 0 Å². The average molecular weight is 169 g/mol. The summed E-state index contributed by atoms with van der Waals surface area (Å²) in [6, 6.07) is 0.241. The van der Waals surface area contributed by atoms with E-state index in [9.17, 15) is 0 Å². The van der Waals surface area contributed by atoms with E-state index in [1.807, 2.05) is 12.5 Å². The van der Waals surface area contributed by atoms with E-state index in [2.05, 4.69) is 13.6 Å². The van der Waals surface area contributed by atoms with Gasteiger partial charge in [-0.3, -0.25) is 0 Å². The minimum Gasteiger partial charge on any atom is -0.466 e. The fourth-order valence-electron chi connectivity index (χ4n) is 0.243. The first-order valence-electron chi connectivity index (χ1n) is 2.23. The molecule has 3 nitrogen and oxygen atoms in total. The molecule has 0 spiro atoms. The Labute approximate surface area is 62.3 Å². The quantitative estimate of drug-likeness (QED) is 0.396. The SMILES string of the molecule is COC(=NCl)N=S(C)C. The lowest BCUT2D eigenvalue weighted by molar-refractivity contribution is 0.399. The summed E-state index contributed by atoms with van der Waals surface area (Å²) in [5, 5.41) is 0. The Bertz CT molecular complexity index is 142. The molecule has 0 radical (unpaired) electrons. The zero-order chi connectivity index (χ0) is 7.28. The van der Waals surface area contributed by atoms with Crippen LogP contribution in [-0.2, 0) is 15.4 Å². The third-order valence-corrected chi connectivity index (χ3v) is 1.18. The summed E-state index contributed by atoms with van der Waals surface area (Å²) in [5.41, 5.74) is 0. The molecule has 0 amide bonds. The predicted molar refractivity (Wildman–Crippen MR) is 41.9 cm³/mol. The van der Waals surface area contributed by atoms with E-state index in [1.54, 1.807) is 0 Å². The summed E-state index contributed by atoms with van der Waals surface area (Å²) in [4.78, 5) is 0. The third kappa shape index (κ3) is 4.42. The standard InChI is InChI=1S/C4H9ClN2OS/c1-8-4(6-5)7-9(2)3/h1-3H3. The monoisotopic (exact) mass is 168 g/mol. The maximum Gasteiger partial charge on any atom is 0.334 e. The number of amidine groups is 1. The van der Waals surface area contributed by atoms with Crippen LogP contribution in [0.2, 0.25) is 0 Å². The largest absolute Gasteiger partial charge is 0.466 e. The zero-order valence-electron chi connectivity index (χ0n) is 5.59. The van der Waals surface area contributed by atoms with E-state index in [-0.39, 0.29) is 16.7 Å². The highest BCUT2D eigenvalue weighted by Gasteiger charge is 1.89. The Hall–Kier alpha value is -0.0900. The van der Waals surface area contributed by atoms with Crippen molar-refractivity contribution in [3.63, 3.8) is 0 Å². The van der Waals surface area contributed by atoms with E-state index in [0.717, 1.165) is 0 Å². The smallest absolute Gasteiger partial charge is 0.334 e. The molecule has 0 bridgehead atoms. The summed E-state index contributed by atoms with van der Waals surface area (Å²) in [6.07, 6.45) is 3.89. The number of halogens is 1. The summed E-state index contributed by atoms with van der Waals surface area (Å²) >= 11 is 5.09. The topological polar surface area (TPSA) is 34.0 Å². The molecule has 0 rings (SSSR count). The molecule has 0 aromatic heterocycles. The number of rotatable bonds is 0. The molecule has 0 atom stereocenters. The summed E-state index contributed by atoms with van der Waals surface area (Å²) < 4.78 is 11.9. The van der Waals surface area contributed by atoms with Crippen molar-refractivity contribution in [3.8, 4) is 0 Å². The van der Waals surface area contributed by atoms with Gasteiger partial charge >= 0.3 is 6.02 Å². The Morgan fingerprint density at radius 2 is 2.11 bits per heavy atom. The maximum atomic E-state index is 5.09. The second-order valence-electron chi connectivity index (χ2n) is 1.44. The number of hydrogen-bond acceptors (Lipinski definition) is 2. The molecule has 9 heavy (non-hydrogen) atoms. The van der Waals surface area contributed by atoms with E-state index in [0.29, 0.717) is 0 Å². The molecule has 0 aliphatic carbocycles. The Kier molecular flexibility index (Phi) is 4.71. The fraction of sp³-hybridized carbons (Fsp3) is 0.750. The second kappa shape index (κ2) is 4.76. The predicted octanol–water partition coefficient (Wildman–Crippen LogP) is 1.20. The van der Waals surface area contributed by atoms with Gasteiger partial charge in [-0.15, -0.1) is 4.51 Å². The summed E-state index contributed by atoms with van der Waals surface area (Å²) in [5.74, 6) is 0. The molecule has 0 heterocycles. The molecule has 0 saturated carbocycles. The molecule has 54 valence electrons. The molecule has 0 saturated heterocycles. The first kappa shape index (κ1) is 8.91. The third-order valence-electron chi connectivity index (χ3n) is 0.516. The average Bonchev–Trinajstić information content (AvgIpc) is 1.82. The lowest BCUT2D eigenvalue weighted by Gasteiger charge is -1.94. The first-order valence-corrected chi connectivity index (χ1v) is 4.56. The molecule has 0 fully saturated rings. The number of hydrogen-bond donors (Lipinski definition) is 0. The van der Waals surface area contributed by atoms with Gasteiger partial charge in [0.05, 0.1) is 7.11 Å². The van der Waals surface area contributed by atoms with Crippen molar-refractivity contribution in [3.05, 3.63) is 0 Å². The van der Waals surface area contributed by atoms with Crippen molar-refractivity contribution in [2.75, 3.05) is 19.6 Å². The molecule has 0 aliphatic heterocycles. The lowest BCUT2D eigenvalue weighted by atomic mass is 11.2. The Balaban J connectivity index is 4.01. The maximum absolute atomic E-state index is 5.09. The number of methoxy groups -OCH3 is 1. The van der Waals surface area contributed by atoms with Crippen LogP contribution in [0.15, 0.2) is 8.87 Å². The minimum atomic E-state index is -0.0606. The number of ether oxygens (including phenoxy) is 1. The molecule has 0 N–H and O–H groups in total. The highest BCUT2D eigenvalue weighted by molar-refractivity contribution is 7.86. The highest BCUT2D eigenvalue weighted by atomic mass is 35.5. The van der Waals surface area contributed by atoms with Gasteiger partial charge in [-0.25, -0.2) is 0 Å². The van der Waals surface area contributed by atoms with Crippen LogP contribution in [-0.4, -0.2) is 25.6 Å². The van der Waals surface area contributed by atoms with Gasteiger partial charge in [0.2, 0.25) is 0 Å². The van der Waals surface area contributed by atoms with Crippen LogP contribution >= 0.6 is 11.8 Å².